The van der Waals surface area contributed by atoms with Crippen molar-refractivity contribution in [2.24, 2.45) is 15.4 Å². The molecule has 8 heteroatoms. The van der Waals surface area contributed by atoms with Gasteiger partial charge in [-0.25, -0.2) is 13.6 Å². The standard InChI is InChI=1S/C13H13N3O4S/c1-20-10-4-7-13(17)12(8-10)16-15-9-2-5-11(6-3-9)21(14,18)19/h2-8,17H,1H3,(H2,14,18,19). The molecule has 0 amide bonds. The van der Waals surface area contributed by atoms with Gasteiger partial charge in [-0.15, -0.1) is 5.11 Å². The molecule has 3 N–H and O–H groups in total. The zero-order valence-electron chi connectivity index (χ0n) is 11.1. The largest absolute Gasteiger partial charge is 0.506 e. The SMILES string of the molecule is COc1ccc(O)c(N=Nc2ccc(S(N)(=O)=O)cc2)c1. The highest BCUT2D eigenvalue weighted by atomic mass is 32.2. The van der Waals surface area contributed by atoms with Crippen LogP contribution in [0.15, 0.2) is 57.6 Å². The molecule has 0 radical (unpaired) electrons. The lowest BCUT2D eigenvalue weighted by molar-refractivity contribution is 0.412. The normalized spacial score (nSPS) is 11.7. The van der Waals surface area contributed by atoms with Gasteiger partial charge in [0.2, 0.25) is 10.0 Å². The minimum atomic E-state index is -3.73. The molecule has 0 spiro atoms. The van der Waals surface area contributed by atoms with E-state index in [9.17, 15) is 13.5 Å². The molecule has 0 heterocycles. The summed E-state index contributed by atoms with van der Waals surface area (Å²) >= 11 is 0. The number of azo groups is 1. The maximum absolute atomic E-state index is 11.1. The summed E-state index contributed by atoms with van der Waals surface area (Å²) in [6.45, 7) is 0. The third-order valence-corrected chi connectivity index (χ3v) is 3.55. The Labute approximate surface area is 121 Å². The smallest absolute Gasteiger partial charge is 0.238 e. The molecule has 21 heavy (non-hydrogen) atoms. The van der Waals surface area contributed by atoms with Gasteiger partial charge in [0.05, 0.1) is 17.7 Å². The maximum Gasteiger partial charge on any atom is 0.238 e. The second-order valence-electron chi connectivity index (χ2n) is 4.09. The Kier molecular flexibility index (Phi) is 4.20. The number of nitrogens with zero attached hydrogens (tertiary/aromatic N) is 2. The van der Waals surface area contributed by atoms with Gasteiger partial charge in [-0.3, -0.25) is 0 Å². The van der Waals surface area contributed by atoms with Crippen molar-refractivity contribution in [2.75, 3.05) is 7.11 Å². The van der Waals surface area contributed by atoms with E-state index in [1.165, 1.54) is 43.5 Å². The Morgan fingerprint density at radius 2 is 1.76 bits per heavy atom. The molecule has 0 aliphatic heterocycles. The first-order valence-corrected chi connectivity index (χ1v) is 7.36. The molecule has 0 unspecified atom stereocenters. The summed E-state index contributed by atoms with van der Waals surface area (Å²) in [5, 5.41) is 22.4. The van der Waals surface area contributed by atoms with Gasteiger partial charge in [-0.05, 0) is 36.4 Å². The number of hydrogen-bond acceptors (Lipinski definition) is 6. The Morgan fingerprint density at radius 3 is 2.33 bits per heavy atom. The lowest BCUT2D eigenvalue weighted by atomic mass is 10.3. The number of phenols is 1. The molecule has 0 aliphatic carbocycles. The van der Waals surface area contributed by atoms with Crippen LogP contribution < -0.4 is 9.88 Å². The van der Waals surface area contributed by atoms with E-state index in [1.54, 1.807) is 6.07 Å². The van der Waals surface area contributed by atoms with Crippen molar-refractivity contribution >= 4 is 21.4 Å². The van der Waals surface area contributed by atoms with Crippen LogP contribution in [-0.4, -0.2) is 20.6 Å². The van der Waals surface area contributed by atoms with Gasteiger partial charge in [-0.1, -0.05) is 0 Å². The van der Waals surface area contributed by atoms with E-state index in [0.29, 0.717) is 11.4 Å². The van der Waals surface area contributed by atoms with Gasteiger partial charge < -0.3 is 9.84 Å². The van der Waals surface area contributed by atoms with E-state index in [-0.39, 0.29) is 16.3 Å². The van der Waals surface area contributed by atoms with Gasteiger partial charge in [0, 0.05) is 6.07 Å². The first-order chi connectivity index (χ1) is 9.90. The molecule has 0 saturated heterocycles. The molecule has 110 valence electrons. The van der Waals surface area contributed by atoms with Crippen LogP contribution in [0.25, 0.3) is 0 Å². The van der Waals surface area contributed by atoms with E-state index in [1.807, 2.05) is 0 Å². The minimum Gasteiger partial charge on any atom is -0.506 e. The summed E-state index contributed by atoms with van der Waals surface area (Å²) in [4.78, 5) is -0.00863. The second-order valence-corrected chi connectivity index (χ2v) is 5.65. The number of aromatic hydroxyl groups is 1. The molecular weight excluding hydrogens is 294 g/mol. The van der Waals surface area contributed by atoms with E-state index >= 15 is 0 Å². The second kappa shape index (κ2) is 5.90. The summed E-state index contributed by atoms with van der Waals surface area (Å²) in [7, 11) is -2.23. The van der Waals surface area contributed by atoms with Gasteiger partial charge in [0.1, 0.15) is 17.2 Å². The van der Waals surface area contributed by atoms with Crippen molar-refractivity contribution < 1.29 is 18.3 Å². The van der Waals surface area contributed by atoms with Crippen LogP contribution >= 0.6 is 0 Å². The number of methoxy groups -OCH3 is 1. The Hall–Kier alpha value is -2.45. The monoisotopic (exact) mass is 307 g/mol. The fraction of sp³-hybridized carbons (Fsp3) is 0.0769. The Bertz CT molecular complexity index is 771. The molecule has 2 aromatic carbocycles. The zero-order valence-corrected chi connectivity index (χ0v) is 11.9. The summed E-state index contributed by atoms with van der Waals surface area (Å²) in [6, 6.07) is 10.1. The summed E-state index contributed by atoms with van der Waals surface area (Å²) in [5.41, 5.74) is 0.662. The van der Waals surface area contributed by atoms with Crippen molar-refractivity contribution in [1.29, 1.82) is 0 Å². The number of benzene rings is 2. The van der Waals surface area contributed by atoms with Crippen LogP contribution in [0.2, 0.25) is 0 Å². The molecule has 0 aliphatic rings. The third-order valence-electron chi connectivity index (χ3n) is 2.62. The molecule has 0 atom stereocenters. The van der Waals surface area contributed by atoms with Crippen LogP contribution in [0, 0.1) is 0 Å². The van der Waals surface area contributed by atoms with Gasteiger partial charge in [-0.2, -0.15) is 5.11 Å². The van der Waals surface area contributed by atoms with Crippen molar-refractivity contribution in [1.82, 2.24) is 0 Å². The molecular formula is C13H13N3O4S. The molecule has 0 bridgehead atoms. The highest BCUT2D eigenvalue weighted by Crippen LogP contribution is 2.31. The number of hydrogen-bond donors (Lipinski definition) is 2. The van der Waals surface area contributed by atoms with Gasteiger partial charge in [0.15, 0.2) is 0 Å². The van der Waals surface area contributed by atoms with Crippen LogP contribution in [0.4, 0.5) is 11.4 Å². The Balaban J connectivity index is 2.25. The minimum absolute atomic E-state index is 0.00863. The predicted molar refractivity (Wildman–Crippen MR) is 76.7 cm³/mol. The number of nitrogens with two attached hydrogens (primary N) is 1. The van der Waals surface area contributed by atoms with Crippen LogP contribution in [0.3, 0.4) is 0 Å². The first-order valence-electron chi connectivity index (χ1n) is 5.82. The van der Waals surface area contributed by atoms with Crippen molar-refractivity contribution in [3.8, 4) is 11.5 Å². The molecule has 0 fully saturated rings. The summed E-state index contributed by atoms with van der Waals surface area (Å²) in [6.07, 6.45) is 0. The molecule has 7 nitrogen and oxygen atoms in total. The number of primary sulfonamides is 1. The lowest BCUT2D eigenvalue weighted by Gasteiger charge is -2.02. The summed E-state index contributed by atoms with van der Waals surface area (Å²) < 4.78 is 27.3. The highest BCUT2D eigenvalue weighted by Gasteiger charge is 2.06. The topological polar surface area (TPSA) is 114 Å². The average molecular weight is 307 g/mol. The molecule has 2 aromatic rings. The number of ether oxygens (including phenoxy) is 1. The highest BCUT2D eigenvalue weighted by molar-refractivity contribution is 7.89. The number of sulfonamides is 1. The van der Waals surface area contributed by atoms with E-state index in [0.717, 1.165) is 0 Å². The predicted octanol–water partition coefficient (Wildman–Crippen LogP) is 2.46. The third kappa shape index (κ3) is 3.77. The number of phenolic OH excluding ortho intramolecular Hbond substituents is 1. The first kappa shape index (κ1) is 14.9. The van der Waals surface area contributed by atoms with Crippen LogP contribution in [0.5, 0.6) is 11.5 Å². The molecule has 2 rings (SSSR count). The van der Waals surface area contributed by atoms with E-state index in [4.69, 9.17) is 9.88 Å². The van der Waals surface area contributed by atoms with Crippen molar-refractivity contribution in [3.05, 3.63) is 42.5 Å². The van der Waals surface area contributed by atoms with Crippen LogP contribution in [0.1, 0.15) is 0 Å². The van der Waals surface area contributed by atoms with Crippen molar-refractivity contribution in [2.45, 2.75) is 4.90 Å². The van der Waals surface area contributed by atoms with Gasteiger partial charge in [0.25, 0.3) is 0 Å². The van der Waals surface area contributed by atoms with E-state index in [2.05, 4.69) is 10.2 Å². The fourth-order valence-corrected chi connectivity index (χ4v) is 2.04. The van der Waals surface area contributed by atoms with Gasteiger partial charge >= 0.3 is 0 Å². The summed E-state index contributed by atoms with van der Waals surface area (Å²) in [5.74, 6) is 0.493. The zero-order chi connectivity index (χ0) is 15.5. The van der Waals surface area contributed by atoms with Crippen molar-refractivity contribution in [3.63, 3.8) is 0 Å². The number of rotatable bonds is 4. The lowest BCUT2D eigenvalue weighted by Crippen LogP contribution is -2.11. The average Bonchev–Trinajstić information content (AvgIpc) is 2.46. The maximum atomic E-state index is 11.1. The fourth-order valence-electron chi connectivity index (χ4n) is 1.52. The van der Waals surface area contributed by atoms with Crippen LogP contribution in [-0.2, 0) is 10.0 Å². The quantitative estimate of drug-likeness (QED) is 0.844. The van der Waals surface area contributed by atoms with E-state index < -0.39 is 10.0 Å². The molecule has 0 saturated carbocycles. The molecule has 0 aromatic heterocycles. The Morgan fingerprint density at radius 1 is 1.10 bits per heavy atom.